The van der Waals surface area contributed by atoms with Crippen LogP contribution in [0, 0.1) is 0 Å². The molecule has 8 heteroatoms. The van der Waals surface area contributed by atoms with Crippen LogP contribution in [0.2, 0.25) is 0 Å². The van der Waals surface area contributed by atoms with Crippen molar-refractivity contribution < 1.29 is 24.6 Å². The summed E-state index contributed by atoms with van der Waals surface area (Å²) in [6, 6.07) is -2.24. The molecule has 0 aromatic heterocycles. The van der Waals surface area contributed by atoms with Crippen LogP contribution in [0.3, 0.4) is 0 Å². The van der Waals surface area contributed by atoms with Crippen molar-refractivity contribution in [2.75, 3.05) is 6.54 Å². The standard InChI is InChI=1S/C12H19N3O5/c1-6(10(17)14-7-2-3-7)13-12(20)15-5-8(16)4-9(15)11(18)19/h6-9,16H,2-5H2,1H3,(H,13,20)(H,14,17)(H,18,19)/t6?,8-,9-/m0/s1. The van der Waals surface area contributed by atoms with Gasteiger partial charge in [-0.2, -0.15) is 0 Å². The van der Waals surface area contributed by atoms with Gasteiger partial charge in [0.2, 0.25) is 5.91 Å². The minimum absolute atomic E-state index is 0.00536. The van der Waals surface area contributed by atoms with Gasteiger partial charge in [-0.1, -0.05) is 0 Å². The smallest absolute Gasteiger partial charge is 0.326 e. The van der Waals surface area contributed by atoms with Crippen molar-refractivity contribution >= 4 is 17.9 Å². The number of aliphatic hydroxyl groups excluding tert-OH is 1. The Morgan fingerprint density at radius 2 is 1.95 bits per heavy atom. The van der Waals surface area contributed by atoms with Crippen molar-refractivity contribution in [2.45, 2.75) is 50.4 Å². The topological polar surface area (TPSA) is 119 Å². The first-order valence-electron chi connectivity index (χ1n) is 6.67. The van der Waals surface area contributed by atoms with E-state index in [0.29, 0.717) is 0 Å². The van der Waals surface area contributed by atoms with Crippen LogP contribution in [0.1, 0.15) is 26.2 Å². The molecule has 8 nitrogen and oxygen atoms in total. The predicted octanol–water partition coefficient (Wildman–Crippen LogP) is -1.12. The van der Waals surface area contributed by atoms with Gasteiger partial charge in [0.15, 0.2) is 0 Å². The summed E-state index contributed by atoms with van der Waals surface area (Å²) in [5, 5.41) is 23.7. The van der Waals surface area contributed by atoms with E-state index < -0.39 is 30.2 Å². The van der Waals surface area contributed by atoms with Crippen molar-refractivity contribution in [1.82, 2.24) is 15.5 Å². The molecule has 2 rings (SSSR count). The summed E-state index contributed by atoms with van der Waals surface area (Å²) in [6.07, 6.45) is 1.06. The molecule has 3 atom stereocenters. The molecule has 1 saturated carbocycles. The summed E-state index contributed by atoms with van der Waals surface area (Å²) in [5.41, 5.74) is 0. The fraction of sp³-hybridized carbons (Fsp3) is 0.750. The van der Waals surface area contributed by atoms with E-state index in [2.05, 4.69) is 10.6 Å². The molecule has 1 aliphatic carbocycles. The van der Waals surface area contributed by atoms with Gasteiger partial charge in [-0.3, -0.25) is 4.79 Å². The quantitative estimate of drug-likeness (QED) is 0.522. The summed E-state index contributed by atoms with van der Waals surface area (Å²) in [6.45, 7) is 1.50. The van der Waals surface area contributed by atoms with Crippen LogP contribution in [-0.4, -0.2) is 63.8 Å². The molecule has 1 saturated heterocycles. The Morgan fingerprint density at radius 1 is 1.30 bits per heavy atom. The number of carbonyl (C=O) groups excluding carboxylic acids is 2. The maximum absolute atomic E-state index is 12.0. The number of likely N-dealkylation sites (tertiary alicyclic amines) is 1. The van der Waals surface area contributed by atoms with Gasteiger partial charge in [-0.05, 0) is 19.8 Å². The van der Waals surface area contributed by atoms with Crippen molar-refractivity contribution in [2.24, 2.45) is 0 Å². The molecule has 2 aliphatic rings. The van der Waals surface area contributed by atoms with Crippen molar-refractivity contribution in [3.63, 3.8) is 0 Å². The third-order valence-electron chi connectivity index (χ3n) is 3.48. The molecule has 1 heterocycles. The Balaban J connectivity index is 1.89. The summed E-state index contributed by atoms with van der Waals surface area (Å²) in [5.74, 6) is -1.45. The van der Waals surface area contributed by atoms with Crippen molar-refractivity contribution in [3.8, 4) is 0 Å². The number of rotatable bonds is 4. The van der Waals surface area contributed by atoms with Gasteiger partial charge in [0.1, 0.15) is 12.1 Å². The van der Waals surface area contributed by atoms with E-state index in [1.165, 1.54) is 6.92 Å². The number of β-amino-alcohol motifs (C(OH)–C–C–N with tert-alkyl or cyclic N) is 1. The van der Waals surface area contributed by atoms with E-state index in [-0.39, 0.29) is 24.9 Å². The van der Waals surface area contributed by atoms with Gasteiger partial charge in [-0.25, -0.2) is 9.59 Å². The van der Waals surface area contributed by atoms with E-state index in [4.69, 9.17) is 5.11 Å². The molecule has 0 aromatic rings. The van der Waals surface area contributed by atoms with Gasteiger partial charge < -0.3 is 25.7 Å². The van der Waals surface area contributed by atoms with Crippen LogP contribution >= 0.6 is 0 Å². The number of carbonyl (C=O) groups is 3. The zero-order valence-electron chi connectivity index (χ0n) is 11.2. The SMILES string of the molecule is CC(NC(=O)N1C[C@@H](O)C[C@H]1C(=O)O)C(=O)NC1CC1. The Labute approximate surface area is 116 Å². The lowest BCUT2D eigenvalue weighted by molar-refractivity contribution is -0.141. The van der Waals surface area contributed by atoms with E-state index in [1.807, 2.05) is 0 Å². The van der Waals surface area contributed by atoms with Gasteiger partial charge in [0.05, 0.1) is 6.10 Å². The Morgan fingerprint density at radius 3 is 2.50 bits per heavy atom. The average Bonchev–Trinajstić information content (AvgIpc) is 3.08. The number of hydrogen-bond acceptors (Lipinski definition) is 4. The zero-order chi connectivity index (χ0) is 14.9. The lowest BCUT2D eigenvalue weighted by atomic mass is 10.2. The fourth-order valence-corrected chi connectivity index (χ4v) is 2.16. The van der Waals surface area contributed by atoms with Gasteiger partial charge >= 0.3 is 12.0 Å². The van der Waals surface area contributed by atoms with Gasteiger partial charge in [-0.15, -0.1) is 0 Å². The number of nitrogens with one attached hydrogen (secondary N) is 2. The number of urea groups is 1. The molecule has 1 aliphatic heterocycles. The molecular weight excluding hydrogens is 266 g/mol. The summed E-state index contributed by atoms with van der Waals surface area (Å²) in [7, 11) is 0. The number of aliphatic carboxylic acids is 1. The monoisotopic (exact) mass is 285 g/mol. The normalized spacial score (nSPS) is 27.0. The first-order valence-corrected chi connectivity index (χ1v) is 6.67. The summed E-state index contributed by atoms with van der Waals surface area (Å²) < 4.78 is 0. The first-order chi connectivity index (χ1) is 9.38. The molecule has 0 bridgehead atoms. The van der Waals surface area contributed by atoms with E-state index in [0.717, 1.165) is 17.7 Å². The maximum atomic E-state index is 12.0. The van der Waals surface area contributed by atoms with E-state index in [1.54, 1.807) is 0 Å². The average molecular weight is 285 g/mol. The molecule has 3 amide bonds. The molecule has 2 fully saturated rings. The number of carboxylic acids is 1. The highest BCUT2D eigenvalue weighted by Gasteiger charge is 2.39. The first kappa shape index (κ1) is 14.6. The molecule has 20 heavy (non-hydrogen) atoms. The number of carboxylic acid groups (broad SMARTS) is 1. The van der Waals surface area contributed by atoms with Crippen LogP contribution in [0.5, 0.6) is 0 Å². The largest absolute Gasteiger partial charge is 0.480 e. The van der Waals surface area contributed by atoms with Crippen LogP contribution in [0.4, 0.5) is 4.79 Å². The highest BCUT2D eigenvalue weighted by Crippen LogP contribution is 2.19. The fourth-order valence-electron chi connectivity index (χ4n) is 2.16. The van der Waals surface area contributed by atoms with Crippen molar-refractivity contribution in [3.05, 3.63) is 0 Å². The maximum Gasteiger partial charge on any atom is 0.326 e. The van der Waals surface area contributed by atoms with Gasteiger partial charge in [0.25, 0.3) is 0 Å². The number of nitrogens with zero attached hydrogens (tertiary/aromatic N) is 1. The lowest BCUT2D eigenvalue weighted by Gasteiger charge is -2.23. The van der Waals surface area contributed by atoms with Crippen molar-refractivity contribution in [1.29, 1.82) is 0 Å². The highest BCUT2D eigenvalue weighted by atomic mass is 16.4. The van der Waals surface area contributed by atoms with E-state index >= 15 is 0 Å². The number of amides is 3. The highest BCUT2D eigenvalue weighted by molar-refractivity contribution is 5.89. The minimum Gasteiger partial charge on any atom is -0.480 e. The van der Waals surface area contributed by atoms with Crippen LogP contribution < -0.4 is 10.6 Å². The second-order valence-corrected chi connectivity index (χ2v) is 5.35. The molecule has 1 unspecified atom stereocenters. The molecule has 0 spiro atoms. The molecule has 0 radical (unpaired) electrons. The third-order valence-corrected chi connectivity index (χ3v) is 3.48. The second-order valence-electron chi connectivity index (χ2n) is 5.35. The summed E-state index contributed by atoms with van der Waals surface area (Å²) in [4.78, 5) is 35.8. The van der Waals surface area contributed by atoms with Crippen LogP contribution in [0.15, 0.2) is 0 Å². The van der Waals surface area contributed by atoms with E-state index in [9.17, 15) is 19.5 Å². The molecule has 4 N–H and O–H groups in total. The molecule has 112 valence electrons. The zero-order valence-corrected chi connectivity index (χ0v) is 11.2. The van der Waals surface area contributed by atoms with Gasteiger partial charge in [0, 0.05) is 19.0 Å². The van der Waals surface area contributed by atoms with Crippen LogP contribution in [0.25, 0.3) is 0 Å². The van der Waals surface area contributed by atoms with Crippen LogP contribution in [-0.2, 0) is 9.59 Å². The molecular formula is C12H19N3O5. The predicted molar refractivity (Wildman–Crippen MR) is 67.9 cm³/mol. The lowest BCUT2D eigenvalue weighted by Crippen LogP contribution is -2.52. The number of hydrogen-bond donors (Lipinski definition) is 4. The number of aliphatic hydroxyl groups is 1. The minimum atomic E-state index is -1.16. The summed E-state index contributed by atoms with van der Waals surface area (Å²) >= 11 is 0. The third kappa shape index (κ3) is 3.38. The Hall–Kier alpha value is -1.83. The second kappa shape index (κ2) is 5.66. The Bertz CT molecular complexity index is 423. The Kier molecular flexibility index (Phi) is 4.12. The molecule has 0 aromatic carbocycles.